The molecule has 142 valence electrons. The summed E-state index contributed by atoms with van der Waals surface area (Å²) in [4.78, 5) is 11.7. The van der Waals surface area contributed by atoms with Crippen LogP contribution in [0.1, 0.15) is 41.6 Å². The molecule has 1 N–H and O–H groups in total. The number of rotatable bonds is 5. The molecule has 25 heavy (non-hydrogen) atoms. The predicted molar refractivity (Wildman–Crippen MR) is 96.4 cm³/mol. The summed E-state index contributed by atoms with van der Waals surface area (Å²) in [5.41, 5.74) is 8.50. The molecule has 2 atom stereocenters. The van der Waals surface area contributed by atoms with E-state index in [4.69, 9.17) is 5.73 Å². The first-order valence-electron chi connectivity index (χ1n) is 7.38. The first-order valence-corrected chi connectivity index (χ1v) is 11.2. The Bertz CT molecular complexity index is 643. The quantitative estimate of drug-likeness (QED) is 0.362. The molecule has 1 aromatic carbocycles. The molecule has 1 aliphatic rings. The van der Waals surface area contributed by atoms with E-state index < -0.39 is 28.1 Å². The van der Waals surface area contributed by atoms with E-state index in [2.05, 4.69) is 19.1 Å². The molecule has 9 heteroatoms. The van der Waals surface area contributed by atoms with Gasteiger partial charge in [-0.2, -0.15) is 6.04 Å². The van der Waals surface area contributed by atoms with Crippen molar-refractivity contribution in [1.29, 1.82) is 0 Å². The summed E-state index contributed by atoms with van der Waals surface area (Å²) in [6.45, 7) is 0. The van der Waals surface area contributed by atoms with Crippen LogP contribution < -0.4 is 0 Å². The molecular weight excluding hydrogens is 453 g/mol. The van der Waals surface area contributed by atoms with Gasteiger partial charge in [-0.15, -0.1) is 6.04 Å². The number of esters is 1. The minimum absolute atomic E-state index is 0. The van der Waals surface area contributed by atoms with Crippen molar-refractivity contribution in [3.63, 3.8) is 0 Å². The van der Waals surface area contributed by atoms with Gasteiger partial charge in [0.15, 0.2) is 0 Å². The van der Waals surface area contributed by atoms with Crippen LogP contribution in [0.25, 0.3) is 10.5 Å². The van der Waals surface area contributed by atoms with Crippen LogP contribution >= 0.6 is 9.69 Å². The molecule has 1 aliphatic carbocycles. The second-order valence-electron chi connectivity index (χ2n) is 5.44. The topological polar surface area (TPSA) is 98.3 Å². The number of hydrogen-bond acceptors (Lipinski definition) is 4. The van der Waals surface area contributed by atoms with Crippen molar-refractivity contribution in [2.75, 3.05) is 7.11 Å². The van der Waals surface area contributed by atoms with Gasteiger partial charge in [-0.25, -0.2) is 13.2 Å². The second-order valence-corrected chi connectivity index (χ2v) is 7.10. The molecule has 0 saturated heterocycles. The first kappa shape index (κ1) is 24.5. The average Bonchev–Trinajstić information content (AvgIpc) is 2.58. The van der Waals surface area contributed by atoms with Gasteiger partial charge in [-0.3, -0.25) is 0 Å². The molecule has 0 bridgehead atoms. The fourth-order valence-electron chi connectivity index (χ4n) is 2.63. The molecule has 0 amide bonds. The van der Waals surface area contributed by atoms with Crippen molar-refractivity contribution in [1.82, 2.24) is 0 Å². The molecule has 0 spiro atoms. The number of hydrogen-bond donors (Lipinski definition) is 0. The molecular formula is C16H23ClN2O4RuS. The van der Waals surface area contributed by atoms with Crippen LogP contribution in [0, 0.1) is 7.43 Å². The molecule has 0 aliphatic heterocycles. The van der Waals surface area contributed by atoms with E-state index in [0.29, 0.717) is 18.4 Å². The summed E-state index contributed by atoms with van der Waals surface area (Å²) >= 11 is 1.82. The van der Waals surface area contributed by atoms with Crippen molar-refractivity contribution in [3.8, 4) is 0 Å². The number of methoxy groups -OCH3 is 1. The zero-order valence-electron chi connectivity index (χ0n) is 14.2. The fraction of sp³-hybridized carbons (Fsp3) is 0.500. The molecule has 2 unspecified atom stereocenters. The van der Waals surface area contributed by atoms with Gasteiger partial charge in [0.2, 0.25) is 0 Å². The molecule has 1 aromatic rings. The van der Waals surface area contributed by atoms with Crippen LogP contribution in [0.15, 0.2) is 24.3 Å². The van der Waals surface area contributed by atoms with Gasteiger partial charge in [-0.05, 0) is 11.6 Å². The van der Waals surface area contributed by atoms with E-state index in [1.165, 1.54) is 13.2 Å². The fourth-order valence-corrected chi connectivity index (χ4v) is 4.02. The molecule has 2 rings (SSSR count). The van der Waals surface area contributed by atoms with Gasteiger partial charge < -0.3 is 22.6 Å². The summed E-state index contributed by atoms with van der Waals surface area (Å²) in [5.74, 6) is -0.913. The van der Waals surface area contributed by atoms with E-state index in [0.717, 1.165) is 12.8 Å². The van der Waals surface area contributed by atoms with Crippen LogP contribution in [0.4, 0.5) is 0 Å². The third-order valence-electron chi connectivity index (χ3n) is 3.79. The van der Waals surface area contributed by atoms with Crippen LogP contribution in [-0.4, -0.2) is 33.6 Å². The summed E-state index contributed by atoms with van der Waals surface area (Å²) in [6, 6.07) is 5.51. The summed E-state index contributed by atoms with van der Waals surface area (Å²) in [5, 5.41) is 0. The Morgan fingerprint density at radius 3 is 2.52 bits per heavy atom. The van der Waals surface area contributed by atoms with E-state index in [1.807, 2.05) is 17.3 Å². The molecule has 6 nitrogen and oxygen atoms in total. The third-order valence-corrected chi connectivity index (χ3v) is 5.05. The predicted octanol–water partition coefficient (Wildman–Crippen LogP) is 4.18. The zero-order chi connectivity index (χ0) is 18.2. The van der Waals surface area contributed by atoms with Gasteiger partial charge in [-0.1, -0.05) is 43.9 Å². The van der Waals surface area contributed by atoms with Crippen molar-refractivity contribution in [2.45, 2.75) is 43.5 Å². The maximum atomic E-state index is 12.3. The van der Waals surface area contributed by atoms with E-state index >= 15 is 0 Å². The Morgan fingerprint density at radius 1 is 1.32 bits per heavy atom. The number of carbonyl (C=O) groups excluding carboxylic acids is 1. The van der Waals surface area contributed by atoms with Crippen molar-refractivity contribution >= 4 is 25.7 Å². The van der Waals surface area contributed by atoms with Gasteiger partial charge >= 0.3 is 33.0 Å². The normalized spacial score (nSPS) is 19.8. The molecule has 0 radical (unpaired) electrons. The average molecular weight is 476 g/mol. The van der Waals surface area contributed by atoms with Gasteiger partial charge in [0, 0.05) is 0 Å². The minimum atomic E-state index is -3.73. The van der Waals surface area contributed by atoms with Crippen LogP contribution in [0.3, 0.4) is 0 Å². The molecule has 1 fully saturated rings. The van der Waals surface area contributed by atoms with E-state index in [1.54, 1.807) is 18.2 Å². The Balaban J connectivity index is 0.00000185. The number of carbonyl (C=O) groups is 1. The van der Waals surface area contributed by atoms with Crippen molar-refractivity contribution < 1.29 is 35.3 Å². The molecule has 0 heterocycles. The first-order chi connectivity index (χ1) is 11.4. The maximum absolute atomic E-state index is 12.3. The van der Waals surface area contributed by atoms with Gasteiger partial charge in [0.25, 0.3) is 0 Å². The Kier molecular flexibility index (Phi) is 11.7. The van der Waals surface area contributed by atoms with Gasteiger partial charge in [0.1, 0.15) is 0 Å². The standard InChI is InChI=1S/C15H20N2O4S.CH3.ClH.Ru/c1-21-15(18)12-7-3-2-6-11(12)10-22(19,20)17-14-9-5-4-8-13(14)16;;;/h2-3,6-7,13-14,16H,4-5,8-10H2,1H3;1H3;1H;/q-2;-1;;+4/p-1. The van der Waals surface area contributed by atoms with Crippen LogP contribution in [0.5, 0.6) is 0 Å². The number of sulfonamides is 1. The van der Waals surface area contributed by atoms with Crippen LogP contribution in [-0.2, 0) is 37.8 Å². The summed E-state index contributed by atoms with van der Waals surface area (Å²) in [7, 11) is 2.09. The SMILES string of the molecule is COC(=O)c1ccccc1CS(=O)(=O)[N-]C1CCCCC1[NH-].[CH3-].[Cl][Ru+3]. The Labute approximate surface area is 164 Å². The Hall–Kier alpha value is -0.527. The Morgan fingerprint density at radius 2 is 1.92 bits per heavy atom. The molecule has 1 saturated carbocycles. The summed E-state index contributed by atoms with van der Waals surface area (Å²) < 4.78 is 33.1. The monoisotopic (exact) mass is 476 g/mol. The van der Waals surface area contributed by atoms with Crippen molar-refractivity contribution in [2.24, 2.45) is 0 Å². The number of nitrogens with one attached hydrogen (secondary N) is 1. The van der Waals surface area contributed by atoms with Crippen LogP contribution in [0.2, 0.25) is 0 Å². The zero-order valence-corrected chi connectivity index (χ0v) is 17.5. The number of benzene rings is 1. The summed E-state index contributed by atoms with van der Waals surface area (Å²) in [6.07, 6.45) is 3.16. The number of nitrogens with zero attached hydrogens (tertiary/aromatic N) is 1. The molecule has 0 aromatic heterocycles. The van der Waals surface area contributed by atoms with Crippen molar-refractivity contribution in [3.05, 3.63) is 53.3 Å². The van der Waals surface area contributed by atoms with E-state index in [-0.39, 0.29) is 18.7 Å². The third kappa shape index (κ3) is 7.71. The second kappa shape index (κ2) is 12.0. The number of halogens is 1. The number of ether oxygens (including phenoxy) is 1. The van der Waals surface area contributed by atoms with Gasteiger partial charge in [0.05, 0.1) is 28.4 Å². The van der Waals surface area contributed by atoms with E-state index in [9.17, 15) is 13.2 Å².